The number of H-pyrrole nitrogens is 1. The number of carbonyl (C=O) groups is 1. The van der Waals surface area contributed by atoms with Gasteiger partial charge in [-0.25, -0.2) is 0 Å². The molecule has 0 aromatic carbocycles. The molecule has 3 rings (SSSR count). The standard InChI is InChI=1S/C12H16N6O/c1-4-17-5-6-18-10(15-16-11(18)12(17)19)9-7(2)13-14-8(9)3/h4-6H2,1-3H3,(H,13,14). The van der Waals surface area contributed by atoms with E-state index in [9.17, 15) is 4.79 Å². The second kappa shape index (κ2) is 4.18. The number of aromatic nitrogens is 5. The first-order valence-electron chi connectivity index (χ1n) is 6.38. The van der Waals surface area contributed by atoms with Crippen LogP contribution in [0.1, 0.15) is 28.9 Å². The van der Waals surface area contributed by atoms with Crippen molar-refractivity contribution < 1.29 is 4.79 Å². The summed E-state index contributed by atoms with van der Waals surface area (Å²) in [6, 6.07) is 0. The highest BCUT2D eigenvalue weighted by molar-refractivity contribution is 5.92. The lowest BCUT2D eigenvalue weighted by Gasteiger charge is -2.26. The van der Waals surface area contributed by atoms with Gasteiger partial charge >= 0.3 is 0 Å². The molecule has 0 bridgehead atoms. The van der Waals surface area contributed by atoms with Crippen LogP contribution in [0.5, 0.6) is 0 Å². The van der Waals surface area contributed by atoms with Crippen LogP contribution < -0.4 is 0 Å². The zero-order valence-electron chi connectivity index (χ0n) is 11.3. The van der Waals surface area contributed by atoms with Crippen LogP contribution in [0, 0.1) is 13.8 Å². The fourth-order valence-electron chi connectivity index (χ4n) is 2.50. The summed E-state index contributed by atoms with van der Waals surface area (Å²) in [6.07, 6.45) is 0. The Labute approximate surface area is 110 Å². The number of aromatic amines is 1. The quantitative estimate of drug-likeness (QED) is 0.864. The third-order valence-electron chi connectivity index (χ3n) is 3.56. The van der Waals surface area contributed by atoms with Crippen molar-refractivity contribution in [1.82, 2.24) is 29.9 Å². The molecule has 2 aromatic rings. The van der Waals surface area contributed by atoms with Gasteiger partial charge in [0.05, 0.1) is 11.3 Å². The SMILES string of the molecule is CCN1CCn2c(nnc2-c2c(C)n[nH]c2C)C1=O. The van der Waals surface area contributed by atoms with Gasteiger partial charge in [-0.15, -0.1) is 10.2 Å². The number of nitrogens with one attached hydrogen (secondary N) is 1. The Morgan fingerprint density at radius 3 is 2.58 bits per heavy atom. The first-order chi connectivity index (χ1) is 9.13. The Kier molecular flexibility index (Phi) is 2.62. The maximum absolute atomic E-state index is 12.2. The zero-order chi connectivity index (χ0) is 13.6. The molecule has 2 aromatic heterocycles. The van der Waals surface area contributed by atoms with E-state index in [1.807, 2.05) is 25.3 Å². The lowest BCUT2D eigenvalue weighted by molar-refractivity contribution is 0.0707. The summed E-state index contributed by atoms with van der Waals surface area (Å²) in [5.74, 6) is 1.09. The van der Waals surface area contributed by atoms with E-state index in [0.717, 1.165) is 29.3 Å². The molecule has 1 aliphatic rings. The minimum absolute atomic E-state index is 0.0497. The van der Waals surface area contributed by atoms with Crippen LogP contribution >= 0.6 is 0 Å². The summed E-state index contributed by atoms with van der Waals surface area (Å²) in [5.41, 5.74) is 2.76. The fourth-order valence-corrected chi connectivity index (χ4v) is 2.50. The van der Waals surface area contributed by atoms with Crippen LogP contribution in [0.2, 0.25) is 0 Å². The molecule has 100 valence electrons. The van der Waals surface area contributed by atoms with Crippen molar-refractivity contribution in [3.8, 4) is 11.4 Å². The fraction of sp³-hybridized carbons (Fsp3) is 0.500. The van der Waals surface area contributed by atoms with E-state index in [2.05, 4.69) is 20.4 Å². The number of nitrogens with zero attached hydrogens (tertiary/aromatic N) is 5. The van der Waals surface area contributed by atoms with Gasteiger partial charge in [0.15, 0.2) is 5.82 Å². The molecule has 0 radical (unpaired) electrons. The van der Waals surface area contributed by atoms with E-state index < -0.39 is 0 Å². The summed E-state index contributed by atoms with van der Waals surface area (Å²) in [6.45, 7) is 7.95. The van der Waals surface area contributed by atoms with Gasteiger partial charge in [-0.3, -0.25) is 9.89 Å². The topological polar surface area (TPSA) is 79.7 Å². The largest absolute Gasteiger partial charge is 0.334 e. The summed E-state index contributed by atoms with van der Waals surface area (Å²) in [4.78, 5) is 14.0. The van der Waals surface area contributed by atoms with Crippen LogP contribution in [0.25, 0.3) is 11.4 Å². The average molecular weight is 260 g/mol. The summed E-state index contributed by atoms with van der Waals surface area (Å²) >= 11 is 0. The average Bonchev–Trinajstić information content (AvgIpc) is 2.95. The third kappa shape index (κ3) is 1.65. The lowest BCUT2D eigenvalue weighted by atomic mass is 10.2. The second-order valence-corrected chi connectivity index (χ2v) is 4.69. The monoisotopic (exact) mass is 260 g/mol. The first-order valence-corrected chi connectivity index (χ1v) is 6.38. The number of likely N-dealkylation sites (N-methyl/N-ethyl adjacent to an activating group) is 1. The van der Waals surface area contributed by atoms with E-state index in [-0.39, 0.29) is 5.91 Å². The van der Waals surface area contributed by atoms with Gasteiger partial charge in [0, 0.05) is 25.3 Å². The highest BCUT2D eigenvalue weighted by Crippen LogP contribution is 2.26. The van der Waals surface area contributed by atoms with E-state index in [1.165, 1.54) is 0 Å². The minimum atomic E-state index is -0.0497. The van der Waals surface area contributed by atoms with Crippen molar-refractivity contribution in [3.05, 3.63) is 17.2 Å². The Balaban J connectivity index is 2.11. The van der Waals surface area contributed by atoms with Crippen molar-refractivity contribution in [3.63, 3.8) is 0 Å². The van der Waals surface area contributed by atoms with Gasteiger partial charge in [0.2, 0.25) is 5.82 Å². The predicted octanol–water partition coefficient (Wildman–Crippen LogP) is 0.761. The number of amides is 1. The maximum atomic E-state index is 12.2. The molecular formula is C12H16N6O. The summed E-state index contributed by atoms with van der Waals surface area (Å²) < 4.78 is 1.89. The van der Waals surface area contributed by atoms with E-state index in [4.69, 9.17) is 0 Å². The van der Waals surface area contributed by atoms with Gasteiger partial charge in [-0.1, -0.05) is 0 Å². The van der Waals surface area contributed by atoms with Crippen molar-refractivity contribution in [2.24, 2.45) is 0 Å². The molecular weight excluding hydrogens is 244 g/mol. The maximum Gasteiger partial charge on any atom is 0.291 e. The third-order valence-corrected chi connectivity index (χ3v) is 3.56. The number of fused-ring (bicyclic) bond motifs is 1. The lowest BCUT2D eigenvalue weighted by Crippen LogP contribution is -2.40. The Bertz CT molecular complexity index is 621. The van der Waals surface area contributed by atoms with Crippen molar-refractivity contribution in [2.75, 3.05) is 13.1 Å². The molecule has 0 atom stereocenters. The highest BCUT2D eigenvalue weighted by atomic mass is 16.2. The van der Waals surface area contributed by atoms with Gasteiger partial charge in [0.25, 0.3) is 5.91 Å². The zero-order valence-corrected chi connectivity index (χ0v) is 11.3. The van der Waals surface area contributed by atoms with Crippen LogP contribution in [0.15, 0.2) is 0 Å². The molecule has 19 heavy (non-hydrogen) atoms. The molecule has 0 unspecified atom stereocenters. The van der Waals surface area contributed by atoms with Crippen LogP contribution in [-0.2, 0) is 6.54 Å². The van der Waals surface area contributed by atoms with Gasteiger partial charge < -0.3 is 9.47 Å². The molecule has 1 amide bonds. The van der Waals surface area contributed by atoms with Crippen LogP contribution in [-0.4, -0.2) is 48.9 Å². The molecule has 1 N–H and O–H groups in total. The van der Waals surface area contributed by atoms with Gasteiger partial charge in [-0.05, 0) is 20.8 Å². The molecule has 3 heterocycles. The van der Waals surface area contributed by atoms with E-state index in [0.29, 0.717) is 18.9 Å². The molecule has 7 heteroatoms. The van der Waals surface area contributed by atoms with Crippen LogP contribution in [0.4, 0.5) is 0 Å². The van der Waals surface area contributed by atoms with E-state index >= 15 is 0 Å². The minimum Gasteiger partial charge on any atom is -0.334 e. The Morgan fingerprint density at radius 2 is 1.95 bits per heavy atom. The highest BCUT2D eigenvalue weighted by Gasteiger charge is 2.29. The van der Waals surface area contributed by atoms with Crippen molar-refractivity contribution in [2.45, 2.75) is 27.3 Å². The number of aryl methyl sites for hydroxylation is 2. The normalized spacial score (nSPS) is 14.9. The Hall–Kier alpha value is -2.18. The molecule has 0 aliphatic carbocycles. The van der Waals surface area contributed by atoms with Crippen molar-refractivity contribution in [1.29, 1.82) is 0 Å². The smallest absolute Gasteiger partial charge is 0.291 e. The number of hydrogen-bond donors (Lipinski definition) is 1. The predicted molar refractivity (Wildman–Crippen MR) is 68.7 cm³/mol. The molecule has 1 aliphatic heterocycles. The molecule has 0 spiro atoms. The first kappa shape index (κ1) is 11.9. The molecule has 7 nitrogen and oxygen atoms in total. The van der Waals surface area contributed by atoms with Crippen LogP contribution in [0.3, 0.4) is 0 Å². The number of hydrogen-bond acceptors (Lipinski definition) is 4. The molecule has 0 saturated heterocycles. The number of rotatable bonds is 2. The second-order valence-electron chi connectivity index (χ2n) is 4.69. The summed E-state index contributed by atoms with van der Waals surface area (Å²) in [5, 5.41) is 15.3. The number of carbonyl (C=O) groups excluding carboxylic acids is 1. The molecule has 0 saturated carbocycles. The van der Waals surface area contributed by atoms with Gasteiger partial charge in [-0.2, -0.15) is 5.10 Å². The molecule has 0 fully saturated rings. The summed E-state index contributed by atoms with van der Waals surface area (Å²) in [7, 11) is 0. The van der Waals surface area contributed by atoms with Gasteiger partial charge in [0.1, 0.15) is 0 Å². The Morgan fingerprint density at radius 1 is 1.21 bits per heavy atom. The van der Waals surface area contributed by atoms with E-state index in [1.54, 1.807) is 4.90 Å². The van der Waals surface area contributed by atoms with Crippen molar-refractivity contribution >= 4 is 5.91 Å².